The van der Waals surface area contributed by atoms with E-state index in [0.29, 0.717) is 43.6 Å². The van der Waals surface area contributed by atoms with Crippen LogP contribution in [0.3, 0.4) is 0 Å². The predicted octanol–water partition coefficient (Wildman–Crippen LogP) is 3.65. The number of ether oxygens (including phenoxy) is 1. The number of nitrogens with one attached hydrogen (secondary N) is 2. The summed E-state index contributed by atoms with van der Waals surface area (Å²) in [6, 6.07) is 16.5. The first-order valence-corrected chi connectivity index (χ1v) is 12.2. The number of carboxylic acid groups (broad SMARTS) is 1. The molecule has 3 amide bonds. The quantitative estimate of drug-likeness (QED) is 0.270. The molecule has 194 valence electrons. The van der Waals surface area contributed by atoms with E-state index >= 15 is 0 Å². The first-order valence-electron chi connectivity index (χ1n) is 12.2. The molecule has 0 unspecified atom stereocenters. The fourth-order valence-corrected chi connectivity index (χ4v) is 4.72. The van der Waals surface area contributed by atoms with Crippen molar-refractivity contribution in [1.82, 2.24) is 20.7 Å². The number of para-hydroxylation sites is 1. The standard InChI is InChI=1S/C27H30N4O6/c1-17-14-19(23-4-2-3-5-24(23)28-17)16-37-22-12-6-18(7-13-22)26(33)29-20-8-10-21(11-9-20)31(27(34)35)15-25(32)30-36/h2-7,12-14,20-21,36H,8-11,15-16H2,1H3,(H,29,33)(H,30,32)(H,34,35). The summed E-state index contributed by atoms with van der Waals surface area (Å²) in [4.78, 5) is 41.2. The Morgan fingerprint density at radius 1 is 1.05 bits per heavy atom. The molecule has 2 aromatic carbocycles. The van der Waals surface area contributed by atoms with E-state index in [-0.39, 0.29) is 18.0 Å². The van der Waals surface area contributed by atoms with Crippen LogP contribution in [0, 0.1) is 6.92 Å². The SMILES string of the molecule is Cc1cc(COc2ccc(C(=O)NC3CCC(N(CC(=O)NO)C(=O)O)CC3)cc2)c2ccccc2n1. The van der Waals surface area contributed by atoms with Gasteiger partial charge < -0.3 is 15.2 Å². The molecule has 3 aromatic rings. The topological polar surface area (TPSA) is 141 Å². The lowest BCUT2D eigenvalue weighted by atomic mass is 9.90. The molecular formula is C27H30N4O6. The van der Waals surface area contributed by atoms with Crippen molar-refractivity contribution in [2.24, 2.45) is 0 Å². The lowest BCUT2D eigenvalue weighted by molar-refractivity contribution is -0.130. The van der Waals surface area contributed by atoms with Gasteiger partial charge in [-0.15, -0.1) is 0 Å². The molecule has 0 aliphatic heterocycles. The molecule has 0 bridgehead atoms. The summed E-state index contributed by atoms with van der Waals surface area (Å²) in [6.45, 7) is 1.90. The molecule has 10 nitrogen and oxygen atoms in total. The summed E-state index contributed by atoms with van der Waals surface area (Å²) in [5.41, 5.74) is 4.85. The molecule has 4 N–H and O–H groups in total. The van der Waals surface area contributed by atoms with Gasteiger partial charge in [-0.2, -0.15) is 0 Å². The Kier molecular flexibility index (Phi) is 8.19. The number of nitrogens with zero attached hydrogens (tertiary/aromatic N) is 2. The molecule has 1 aliphatic rings. The number of rotatable bonds is 8. The molecule has 0 atom stereocenters. The molecule has 1 saturated carbocycles. The molecule has 0 spiro atoms. The zero-order valence-electron chi connectivity index (χ0n) is 20.5. The van der Waals surface area contributed by atoms with Gasteiger partial charge in [0.15, 0.2) is 0 Å². The van der Waals surface area contributed by atoms with Crippen LogP contribution >= 0.6 is 0 Å². The van der Waals surface area contributed by atoms with Gasteiger partial charge in [0.2, 0.25) is 0 Å². The molecule has 1 heterocycles. The summed E-state index contributed by atoms with van der Waals surface area (Å²) in [5.74, 6) is -0.341. The highest BCUT2D eigenvalue weighted by Gasteiger charge is 2.30. The van der Waals surface area contributed by atoms with E-state index in [4.69, 9.17) is 9.94 Å². The van der Waals surface area contributed by atoms with Crippen LogP contribution in [-0.4, -0.2) is 56.7 Å². The van der Waals surface area contributed by atoms with E-state index in [2.05, 4.69) is 10.3 Å². The molecule has 1 fully saturated rings. The van der Waals surface area contributed by atoms with Gasteiger partial charge >= 0.3 is 6.09 Å². The molecule has 0 radical (unpaired) electrons. The maximum absolute atomic E-state index is 12.8. The third-order valence-electron chi connectivity index (χ3n) is 6.60. The van der Waals surface area contributed by atoms with Crippen LogP contribution < -0.4 is 15.5 Å². The number of carbonyl (C=O) groups is 3. The molecule has 37 heavy (non-hydrogen) atoms. The molecular weight excluding hydrogens is 476 g/mol. The lowest BCUT2D eigenvalue weighted by Crippen LogP contribution is -2.49. The van der Waals surface area contributed by atoms with Gasteiger partial charge in [-0.1, -0.05) is 18.2 Å². The molecule has 0 saturated heterocycles. The highest BCUT2D eigenvalue weighted by atomic mass is 16.5. The summed E-state index contributed by atoms with van der Waals surface area (Å²) in [7, 11) is 0. The van der Waals surface area contributed by atoms with Crippen molar-refractivity contribution < 1.29 is 29.4 Å². The minimum atomic E-state index is -1.22. The van der Waals surface area contributed by atoms with Crippen LogP contribution in [0.25, 0.3) is 10.9 Å². The van der Waals surface area contributed by atoms with Crippen LogP contribution in [0.5, 0.6) is 5.75 Å². The fourth-order valence-electron chi connectivity index (χ4n) is 4.72. The van der Waals surface area contributed by atoms with Crippen molar-refractivity contribution in [3.63, 3.8) is 0 Å². The van der Waals surface area contributed by atoms with Crippen molar-refractivity contribution in [3.05, 3.63) is 71.4 Å². The lowest BCUT2D eigenvalue weighted by Gasteiger charge is -2.35. The highest BCUT2D eigenvalue weighted by Crippen LogP contribution is 2.24. The minimum absolute atomic E-state index is 0.0924. The Morgan fingerprint density at radius 2 is 1.76 bits per heavy atom. The number of fused-ring (bicyclic) bond motifs is 1. The fraction of sp³-hybridized carbons (Fsp3) is 0.333. The third-order valence-corrected chi connectivity index (χ3v) is 6.60. The van der Waals surface area contributed by atoms with Gasteiger partial charge in [0.1, 0.15) is 18.9 Å². The van der Waals surface area contributed by atoms with Crippen molar-refractivity contribution in [2.75, 3.05) is 6.54 Å². The monoisotopic (exact) mass is 506 g/mol. The number of pyridine rings is 1. The molecule has 10 heteroatoms. The van der Waals surface area contributed by atoms with Gasteiger partial charge in [-0.05, 0) is 69.0 Å². The van der Waals surface area contributed by atoms with E-state index in [1.165, 1.54) is 5.48 Å². The van der Waals surface area contributed by atoms with E-state index in [0.717, 1.165) is 27.1 Å². The third kappa shape index (κ3) is 6.53. The van der Waals surface area contributed by atoms with Gasteiger partial charge in [-0.25, -0.2) is 10.3 Å². The van der Waals surface area contributed by atoms with Crippen LogP contribution in [0.1, 0.15) is 47.3 Å². The van der Waals surface area contributed by atoms with Crippen LogP contribution in [-0.2, 0) is 11.4 Å². The zero-order chi connectivity index (χ0) is 26.4. The number of aryl methyl sites for hydroxylation is 1. The van der Waals surface area contributed by atoms with E-state index in [9.17, 15) is 19.5 Å². The Hall–Kier alpha value is -4.18. The predicted molar refractivity (Wildman–Crippen MR) is 135 cm³/mol. The van der Waals surface area contributed by atoms with Gasteiger partial charge in [0.25, 0.3) is 11.8 Å². The Labute approximate surface area is 214 Å². The maximum atomic E-state index is 12.8. The van der Waals surface area contributed by atoms with Crippen LogP contribution in [0.4, 0.5) is 4.79 Å². The molecule has 1 aliphatic carbocycles. The van der Waals surface area contributed by atoms with Gasteiger partial charge in [0.05, 0.1) is 5.52 Å². The molecule has 4 rings (SSSR count). The summed E-state index contributed by atoms with van der Waals surface area (Å²) in [5, 5.41) is 22.1. The van der Waals surface area contributed by atoms with Crippen molar-refractivity contribution in [2.45, 2.75) is 51.3 Å². The number of amides is 3. The second-order valence-electron chi connectivity index (χ2n) is 9.18. The minimum Gasteiger partial charge on any atom is -0.489 e. The first-order chi connectivity index (χ1) is 17.8. The Balaban J connectivity index is 1.29. The zero-order valence-corrected chi connectivity index (χ0v) is 20.5. The maximum Gasteiger partial charge on any atom is 0.408 e. The Bertz CT molecular complexity index is 1270. The largest absolute Gasteiger partial charge is 0.489 e. The second-order valence-corrected chi connectivity index (χ2v) is 9.18. The van der Waals surface area contributed by atoms with E-state index in [1.54, 1.807) is 24.3 Å². The van der Waals surface area contributed by atoms with E-state index < -0.39 is 18.5 Å². The summed E-state index contributed by atoms with van der Waals surface area (Å²) < 4.78 is 5.97. The number of carbonyl (C=O) groups excluding carboxylic acids is 2. The first kappa shape index (κ1) is 25.9. The van der Waals surface area contributed by atoms with Crippen molar-refractivity contribution in [1.29, 1.82) is 0 Å². The van der Waals surface area contributed by atoms with Crippen LogP contribution in [0.15, 0.2) is 54.6 Å². The number of benzene rings is 2. The number of aromatic nitrogens is 1. The average Bonchev–Trinajstić information content (AvgIpc) is 2.90. The second kappa shape index (κ2) is 11.7. The highest BCUT2D eigenvalue weighted by molar-refractivity contribution is 5.94. The number of hydrogen-bond acceptors (Lipinski definition) is 6. The van der Waals surface area contributed by atoms with Crippen LogP contribution in [0.2, 0.25) is 0 Å². The number of hydrogen-bond donors (Lipinski definition) is 4. The van der Waals surface area contributed by atoms with Gasteiger partial charge in [-0.3, -0.25) is 24.7 Å². The smallest absolute Gasteiger partial charge is 0.408 e. The summed E-state index contributed by atoms with van der Waals surface area (Å²) in [6.07, 6.45) is 0.964. The Morgan fingerprint density at radius 3 is 2.43 bits per heavy atom. The van der Waals surface area contributed by atoms with E-state index in [1.807, 2.05) is 37.3 Å². The number of hydroxylamine groups is 1. The van der Waals surface area contributed by atoms with Crippen molar-refractivity contribution in [3.8, 4) is 5.75 Å². The normalized spacial score (nSPS) is 17.1. The summed E-state index contributed by atoms with van der Waals surface area (Å²) >= 11 is 0. The van der Waals surface area contributed by atoms with Crippen molar-refractivity contribution >= 4 is 28.8 Å². The molecule has 1 aromatic heterocycles. The van der Waals surface area contributed by atoms with Gasteiger partial charge in [0, 0.05) is 34.3 Å². The average molecular weight is 507 g/mol.